The van der Waals surface area contributed by atoms with E-state index >= 15 is 0 Å². The van der Waals surface area contributed by atoms with Gasteiger partial charge >= 0.3 is 5.97 Å². The van der Waals surface area contributed by atoms with E-state index < -0.39 is 5.97 Å². The SMILES string of the molecule is O=C(O)c1ncc(-c2c[nH]c3cc(F)ccc23)[nH]1. The standard InChI is InChI=1S/C12H8FN3O2/c13-6-1-2-7-8(4-14-9(7)3-6)10-5-15-11(16-10)12(17)18/h1-5,14H,(H,15,16)(H,17,18). The first-order valence-electron chi connectivity index (χ1n) is 5.20. The molecular weight excluding hydrogens is 237 g/mol. The van der Waals surface area contributed by atoms with Gasteiger partial charge in [0.15, 0.2) is 0 Å². The van der Waals surface area contributed by atoms with Crippen LogP contribution in [0, 0.1) is 5.82 Å². The smallest absolute Gasteiger partial charge is 0.371 e. The highest BCUT2D eigenvalue weighted by Crippen LogP contribution is 2.27. The monoisotopic (exact) mass is 245 g/mol. The Morgan fingerprint density at radius 2 is 2.22 bits per heavy atom. The zero-order valence-corrected chi connectivity index (χ0v) is 9.07. The average Bonchev–Trinajstić information content (AvgIpc) is 2.92. The van der Waals surface area contributed by atoms with E-state index in [2.05, 4.69) is 15.0 Å². The number of hydrogen-bond donors (Lipinski definition) is 3. The first-order valence-corrected chi connectivity index (χ1v) is 5.20. The molecule has 0 bridgehead atoms. The summed E-state index contributed by atoms with van der Waals surface area (Å²) in [6, 6.07) is 4.37. The van der Waals surface area contributed by atoms with Crippen LogP contribution in [0.2, 0.25) is 0 Å². The predicted octanol–water partition coefficient (Wildman–Crippen LogP) is 2.40. The zero-order chi connectivity index (χ0) is 12.7. The van der Waals surface area contributed by atoms with Gasteiger partial charge in [-0.05, 0) is 18.2 Å². The van der Waals surface area contributed by atoms with Gasteiger partial charge in [-0.1, -0.05) is 0 Å². The second-order valence-corrected chi connectivity index (χ2v) is 3.84. The van der Waals surface area contributed by atoms with E-state index in [1.165, 1.54) is 18.3 Å². The van der Waals surface area contributed by atoms with E-state index in [-0.39, 0.29) is 11.6 Å². The molecular formula is C12H8FN3O2. The molecule has 0 radical (unpaired) electrons. The van der Waals surface area contributed by atoms with Crippen LogP contribution in [0.1, 0.15) is 10.6 Å². The van der Waals surface area contributed by atoms with Gasteiger partial charge in [-0.25, -0.2) is 14.2 Å². The topological polar surface area (TPSA) is 81.8 Å². The first kappa shape index (κ1) is 10.5. The Bertz CT molecular complexity index is 745. The minimum absolute atomic E-state index is 0.124. The van der Waals surface area contributed by atoms with Gasteiger partial charge in [0.25, 0.3) is 0 Å². The van der Waals surface area contributed by atoms with Crippen molar-refractivity contribution in [3.05, 3.63) is 42.2 Å². The van der Waals surface area contributed by atoms with Gasteiger partial charge in [0.1, 0.15) is 5.82 Å². The van der Waals surface area contributed by atoms with Crippen LogP contribution in [-0.2, 0) is 0 Å². The summed E-state index contributed by atoms with van der Waals surface area (Å²) < 4.78 is 13.0. The quantitative estimate of drug-likeness (QED) is 0.648. The summed E-state index contributed by atoms with van der Waals surface area (Å²) in [5.41, 5.74) is 1.98. The molecule has 0 fully saturated rings. The molecule has 18 heavy (non-hydrogen) atoms. The Balaban J connectivity index is 2.16. The number of carboxylic acid groups (broad SMARTS) is 1. The summed E-state index contributed by atoms with van der Waals surface area (Å²) in [5, 5.41) is 9.60. The molecule has 1 aromatic carbocycles. The number of nitrogens with one attached hydrogen (secondary N) is 2. The maximum Gasteiger partial charge on any atom is 0.371 e. The molecule has 0 saturated carbocycles. The third kappa shape index (κ3) is 1.55. The molecule has 0 spiro atoms. The second-order valence-electron chi connectivity index (χ2n) is 3.84. The number of nitrogens with zero attached hydrogens (tertiary/aromatic N) is 1. The first-order chi connectivity index (χ1) is 8.65. The Morgan fingerprint density at radius 3 is 2.94 bits per heavy atom. The fraction of sp³-hybridized carbons (Fsp3) is 0. The van der Waals surface area contributed by atoms with E-state index in [1.54, 1.807) is 12.3 Å². The van der Waals surface area contributed by atoms with Crippen molar-refractivity contribution >= 4 is 16.9 Å². The summed E-state index contributed by atoms with van der Waals surface area (Å²) in [7, 11) is 0. The van der Waals surface area contributed by atoms with Crippen LogP contribution in [0.15, 0.2) is 30.6 Å². The van der Waals surface area contributed by atoms with Crippen LogP contribution in [0.4, 0.5) is 4.39 Å². The van der Waals surface area contributed by atoms with Crippen LogP contribution in [0.25, 0.3) is 22.2 Å². The lowest BCUT2D eigenvalue weighted by atomic mass is 10.1. The van der Waals surface area contributed by atoms with E-state index in [4.69, 9.17) is 5.11 Å². The van der Waals surface area contributed by atoms with E-state index in [0.717, 1.165) is 10.9 Å². The van der Waals surface area contributed by atoms with Crippen molar-refractivity contribution in [1.29, 1.82) is 0 Å². The molecule has 3 aromatic rings. The lowest BCUT2D eigenvalue weighted by molar-refractivity contribution is 0.0685. The summed E-state index contributed by atoms with van der Waals surface area (Å²) in [6.07, 6.45) is 3.12. The number of aromatic nitrogens is 3. The molecule has 0 aliphatic rings. The minimum Gasteiger partial charge on any atom is -0.475 e. The van der Waals surface area contributed by atoms with Crippen LogP contribution < -0.4 is 0 Å². The Morgan fingerprint density at radius 1 is 1.39 bits per heavy atom. The van der Waals surface area contributed by atoms with Crippen molar-refractivity contribution < 1.29 is 14.3 Å². The van der Waals surface area contributed by atoms with E-state index in [0.29, 0.717) is 11.2 Å². The number of hydrogen-bond acceptors (Lipinski definition) is 2. The molecule has 0 aliphatic heterocycles. The lowest BCUT2D eigenvalue weighted by Gasteiger charge is -1.95. The maximum absolute atomic E-state index is 13.0. The highest BCUT2D eigenvalue weighted by atomic mass is 19.1. The maximum atomic E-state index is 13.0. The largest absolute Gasteiger partial charge is 0.475 e. The number of benzene rings is 1. The fourth-order valence-corrected chi connectivity index (χ4v) is 1.89. The molecule has 90 valence electrons. The number of aromatic carboxylic acids is 1. The van der Waals surface area contributed by atoms with Crippen molar-refractivity contribution in [2.45, 2.75) is 0 Å². The van der Waals surface area contributed by atoms with Crippen molar-refractivity contribution in [2.24, 2.45) is 0 Å². The van der Waals surface area contributed by atoms with Gasteiger partial charge < -0.3 is 15.1 Å². The second kappa shape index (κ2) is 3.69. The van der Waals surface area contributed by atoms with Crippen molar-refractivity contribution in [3.63, 3.8) is 0 Å². The summed E-state index contributed by atoms with van der Waals surface area (Å²) in [5.74, 6) is -1.57. The number of H-pyrrole nitrogens is 2. The normalized spacial score (nSPS) is 10.9. The number of carboxylic acids is 1. The van der Waals surface area contributed by atoms with Crippen LogP contribution in [0.5, 0.6) is 0 Å². The van der Waals surface area contributed by atoms with Gasteiger partial charge in [0.2, 0.25) is 5.82 Å². The average molecular weight is 245 g/mol. The molecule has 0 amide bonds. The van der Waals surface area contributed by atoms with Crippen molar-refractivity contribution in [2.75, 3.05) is 0 Å². The Hall–Kier alpha value is -2.63. The molecule has 0 atom stereocenters. The van der Waals surface area contributed by atoms with Crippen molar-refractivity contribution in [1.82, 2.24) is 15.0 Å². The van der Waals surface area contributed by atoms with Crippen molar-refractivity contribution in [3.8, 4) is 11.3 Å². The highest BCUT2D eigenvalue weighted by molar-refractivity contribution is 5.95. The Kier molecular flexibility index (Phi) is 2.16. The summed E-state index contributed by atoms with van der Waals surface area (Å²) in [4.78, 5) is 20.1. The third-order valence-corrected chi connectivity index (χ3v) is 2.71. The van der Waals surface area contributed by atoms with Gasteiger partial charge in [-0.2, -0.15) is 0 Å². The van der Waals surface area contributed by atoms with Gasteiger partial charge in [0, 0.05) is 22.7 Å². The molecule has 0 unspecified atom stereocenters. The number of carbonyl (C=O) groups is 1. The molecule has 3 N–H and O–H groups in total. The number of fused-ring (bicyclic) bond motifs is 1. The summed E-state index contributed by atoms with van der Waals surface area (Å²) in [6.45, 7) is 0. The van der Waals surface area contributed by atoms with E-state index in [9.17, 15) is 9.18 Å². The van der Waals surface area contributed by atoms with Crippen LogP contribution >= 0.6 is 0 Å². The molecule has 2 heterocycles. The third-order valence-electron chi connectivity index (χ3n) is 2.71. The Labute approximate surface area is 100 Å². The molecule has 3 rings (SSSR count). The number of rotatable bonds is 2. The van der Waals surface area contributed by atoms with Crippen LogP contribution in [-0.4, -0.2) is 26.0 Å². The highest BCUT2D eigenvalue weighted by Gasteiger charge is 2.12. The zero-order valence-electron chi connectivity index (χ0n) is 9.07. The molecule has 0 saturated heterocycles. The van der Waals surface area contributed by atoms with E-state index in [1.807, 2.05) is 0 Å². The summed E-state index contributed by atoms with van der Waals surface area (Å²) >= 11 is 0. The number of imidazole rings is 1. The minimum atomic E-state index is -1.12. The van der Waals surface area contributed by atoms with Gasteiger partial charge in [-0.3, -0.25) is 0 Å². The van der Waals surface area contributed by atoms with Gasteiger partial charge in [-0.15, -0.1) is 0 Å². The number of halogens is 1. The predicted molar refractivity (Wildman–Crippen MR) is 62.8 cm³/mol. The molecule has 2 aromatic heterocycles. The van der Waals surface area contributed by atoms with Crippen LogP contribution in [0.3, 0.4) is 0 Å². The molecule has 5 nitrogen and oxygen atoms in total. The lowest BCUT2D eigenvalue weighted by Crippen LogP contribution is -1.98. The van der Waals surface area contributed by atoms with Gasteiger partial charge in [0.05, 0.1) is 11.9 Å². The molecule has 6 heteroatoms. The number of aromatic amines is 2. The fourth-order valence-electron chi connectivity index (χ4n) is 1.89. The molecule has 0 aliphatic carbocycles.